The van der Waals surface area contributed by atoms with Gasteiger partial charge in [-0.15, -0.1) is 6.58 Å². The van der Waals surface area contributed by atoms with Gasteiger partial charge in [0.05, 0.1) is 22.2 Å². The number of nitrogens with zero attached hydrogens (tertiary/aromatic N) is 1. The molecule has 0 aliphatic carbocycles. The summed E-state index contributed by atoms with van der Waals surface area (Å²) >= 11 is 16.0. The first-order chi connectivity index (χ1) is 17.8. The topological polar surface area (TPSA) is 38.8 Å². The lowest BCUT2D eigenvalue weighted by Crippen LogP contribution is -2.27. The predicted octanol–water partition coefficient (Wildman–Crippen LogP) is 8.35. The summed E-state index contributed by atoms with van der Waals surface area (Å²) < 4.78 is 27.1. The van der Waals surface area contributed by atoms with Crippen LogP contribution in [0.5, 0.6) is 11.5 Å². The third-order valence-corrected chi connectivity index (χ3v) is 7.49. The molecule has 1 fully saturated rings. The molecule has 0 unspecified atom stereocenters. The average molecular weight is 619 g/mol. The van der Waals surface area contributed by atoms with E-state index in [1.54, 1.807) is 12.2 Å². The molecule has 1 saturated heterocycles. The number of halogens is 3. The Hall–Kier alpha value is -2.65. The van der Waals surface area contributed by atoms with Gasteiger partial charge in [-0.05, 0) is 73.0 Å². The van der Waals surface area contributed by atoms with E-state index in [-0.39, 0.29) is 10.9 Å². The van der Waals surface area contributed by atoms with Gasteiger partial charge in [-0.25, -0.2) is 4.39 Å². The van der Waals surface area contributed by atoms with E-state index < -0.39 is 5.82 Å². The van der Waals surface area contributed by atoms with E-state index in [9.17, 15) is 9.18 Å². The number of carbonyl (C=O) groups is 1. The lowest BCUT2D eigenvalue weighted by molar-refractivity contribution is -0.113. The van der Waals surface area contributed by atoms with Crippen molar-refractivity contribution < 1.29 is 18.7 Å². The standard InChI is InChI=1S/C28H22BrClFNO3S2/c1-3-5-19-12-18(13-24(34-4-2)26(19)35-16-17-6-8-20(29)9-7-17)14-25-27(33)32(28(36)37-25)21-10-11-23(31)22(30)15-21/h3,6-15H,1,4-5,16H2,2H3/b25-14+. The van der Waals surface area contributed by atoms with Crippen LogP contribution < -0.4 is 14.4 Å². The molecule has 4 rings (SSSR count). The number of thiocarbonyl (C=S) groups is 1. The smallest absolute Gasteiger partial charge is 0.270 e. The monoisotopic (exact) mass is 617 g/mol. The summed E-state index contributed by atoms with van der Waals surface area (Å²) in [4.78, 5) is 15.0. The van der Waals surface area contributed by atoms with Crippen LogP contribution in [0.1, 0.15) is 23.6 Å². The fourth-order valence-electron chi connectivity index (χ4n) is 3.70. The van der Waals surface area contributed by atoms with Crippen LogP contribution in [0, 0.1) is 5.82 Å². The van der Waals surface area contributed by atoms with E-state index >= 15 is 0 Å². The van der Waals surface area contributed by atoms with Crippen molar-refractivity contribution >= 4 is 73.5 Å². The number of anilines is 1. The summed E-state index contributed by atoms with van der Waals surface area (Å²) in [6.07, 6.45) is 4.10. The van der Waals surface area contributed by atoms with Gasteiger partial charge < -0.3 is 9.47 Å². The van der Waals surface area contributed by atoms with Crippen LogP contribution in [0.4, 0.5) is 10.1 Å². The molecule has 37 heavy (non-hydrogen) atoms. The van der Waals surface area contributed by atoms with Crippen molar-refractivity contribution in [1.29, 1.82) is 0 Å². The van der Waals surface area contributed by atoms with Crippen LogP contribution >= 0.6 is 51.5 Å². The van der Waals surface area contributed by atoms with E-state index in [0.717, 1.165) is 21.2 Å². The molecule has 0 atom stereocenters. The summed E-state index contributed by atoms with van der Waals surface area (Å²) in [6.45, 7) is 6.59. The summed E-state index contributed by atoms with van der Waals surface area (Å²) in [7, 11) is 0. The second-order valence-corrected chi connectivity index (χ2v) is 11.0. The molecule has 0 aromatic heterocycles. The van der Waals surface area contributed by atoms with Gasteiger partial charge in [-0.3, -0.25) is 9.69 Å². The Morgan fingerprint density at radius 2 is 1.92 bits per heavy atom. The number of allylic oxidation sites excluding steroid dienone is 1. The van der Waals surface area contributed by atoms with Crippen LogP contribution in [0.3, 0.4) is 0 Å². The molecular weight excluding hydrogens is 597 g/mol. The van der Waals surface area contributed by atoms with Gasteiger partial charge in [-0.1, -0.05) is 69.7 Å². The van der Waals surface area contributed by atoms with Crippen LogP contribution in [0.2, 0.25) is 5.02 Å². The van der Waals surface area contributed by atoms with Crippen LogP contribution in [-0.2, 0) is 17.8 Å². The highest BCUT2D eigenvalue weighted by Gasteiger charge is 2.33. The molecule has 0 bridgehead atoms. The number of benzene rings is 3. The van der Waals surface area contributed by atoms with Crippen molar-refractivity contribution in [2.24, 2.45) is 0 Å². The highest BCUT2D eigenvalue weighted by Crippen LogP contribution is 2.39. The quantitative estimate of drug-likeness (QED) is 0.137. The molecule has 0 radical (unpaired) electrons. The Labute approximate surface area is 238 Å². The lowest BCUT2D eigenvalue weighted by Gasteiger charge is -2.17. The molecule has 3 aromatic carbocycles. The van der Waals surface area contributed by atoms with Crippen molar-refractivity contribution in [2.45, 2.75) is 20.0 Å². The molecule has 1 heterocycles. The summed E-state index contributed by atoms with van der Waals surface area (Å²) in [6, 6.07) is 15.8. The average Bonchev–Trinajstić information content (AvgIpc) is 3.14. The van der Waals surface area contributed by atoms with E-state index in [1.807, 2.05) is 43.3 Å². The van der Waals surface area contributed by atoms with E-state index in [0.29, 0.717) is 46.0 Å². The molecule has 4 nitrogen and oxygen atoms in total. The van der Waals surface area contributed by atoms with Crippen molar-refractivity contribution in [3.8, 4) is 11.5 Å². The molecule has 1 aliphatic heterocycles. The first-order valence-corrected chi connectivity index (χ1v) is 13.7. The Morgan fingerprint density at radius 3 is 2.59 bits per heavy atom. The largest absolute Gasteiger partial charge is 0.490 e. The normalized spacial score (nSPS) is 14.4. The SMILES string of the molecule is C=CCc1cc(/C=C2/SC(=S)N(c3ccc(F)c(Cl)c3)C2=O)cc(OCC)c1OCc1ccc(Br)cc1. The molecule has 3 aromatic rings. The Balaban J connectivity index is 1.66. The predicted molar refractivity (Wildman–Crippen MR) is 157 cm³/mol. The second-order valence-electron chi connectivity index (χ2n) is 7.96. The van der Waals surface area contributed by atoms with Gasteiger partial charge in [0.15, 0.2) is 15.8 Å². The lowest BCUT2D eigenvalue weighted by atomic mass is 10.0. The number of hydrogen-bond donors (Lipinski definition) is 0. The van der Waals surface area contributed by atoms with E-state index in [4.69, 9.17) is 33.3 Å². The van der Waals surface area contributed by atoms with Crippen molar-refractivity contribution in [3.63, 3.8) is 0 Å². The van der Waals surface area contributed by atoms with Crippen molar-refractivity contribution in [3.05, 3.63) is 104 Å². The molecule has 1 amide bonds. The summed E-state index contributed by atoms with van der Waals surface area (Å²) in [5.74, 6) is 0.338. The molecule has 0 N–H and O–H groups in total. The Morgan fingerprint density at radius 1 is 1.16 bits per heavy atom. The zero-order valence-electron chi connectivity index (χ0n) is 19.8. The van der Waals surface area contributed by atoms with Gasteiger partial charge in [-0.2, -0.15) is 0 Å². The highest BCUT2D eigenvalue weighted by atomic mass is 79.9. The molecule has 0 saturated carbocycles. The van der Waals surface area contributed by atoms with Crippen LogP contribution in [-0.4, -0.2) is 16.8 Å². The summed E-state index contributed by atoms with van der Waals surface area (Å²) in [5.41, 5.74) is 3.07. The third kappa shape index (κ3) is 6.44. The minimum absolute atomic E-state index is 0.0790. The highest BCUT2D eigenvalue weighted by molar-refractivity contribution is 9.10. The Kier molecular flexibility index (Phi) is 9.08. The zero-order valence-corrected chi connectivity index (χ0v) is 23.8. The van der Waals surface area contributed by atoms with Gasteiger partial charge >= 0.3 is 0 Å². The van der Waals surface area contributed by atoms with Gasteiger partial charge in [0.25, 0.3) is 5.91 Å². The van der Waals surface area contributed by atoms with Gasteiger partial charge in [0.1, 0.15) is 12.4 Å². The van der Waals surface area contributed by atoms with Gasteiger partial charge in [0.2, 0.25) is 0 Å². The second kappa shape index (κ2) is 12.3. The van der Waals surface area contributed by atoms with E-state index in [1.165, 1.54) is 34.9 Å². The maximum atomic E-state index is 13.6. The van der Waals surface area contributed by atoms with E-state index in [2.05, 4.69) is 22.5 Å². The molecule has 9 heteroatoms. The number of hydrogen-bond acceptors (Lipinski definition) is 5. The fourth-order valence-corrected chi connectivity index (χ4v) is 5.44. The minimum Gasteiger partial charge on any atom is -0.490 e. The molecule has 1 aliphatic rings. The molecule has 190 valence electrons. The van der Waals surface area contributed by atoms with Crippen molar-refractivity contribution in [2.75, 3.05) is 11.5 Å². The van der Waals surface area contributed by atoms with Gasteiger partial charge in [0, 0.05) is 10.0 Å². The van der Waals surface area contributed by atoms with Crippen LogP contribution in [0.15, 0.2) is 76.6 Å². The zero-order chi connectivity index (χ0) is 26.5. The Bertz CT molecular complexity index is 1390. The maximum Gasteiger partial charge on any atom is 0.270 e. The molecule has 0 spiro atoms. The number of amides is 1. The minimum atomic E-state index is -0.563. The number of thioether (sulfide) groups is 1. The first-order valence-electron chi connectivity index (χ1n) is 11.3. The molecular formula is C28H22BrClFNO3S2. The number of ether oxygens (including phenoxy) is 2. The fraction of sp³-hybridized carbons (Fsp3) is 0.143. The summed E-state index contributed by atoms with van der Waals surface area (Å²) in [5, 5.41) is -0.0790. The first kappa shape index (κ1) is 27.4. The van der Waals surface area contributed by atoms with Crippen LogP contribution in [0.25, 0.3) is 6.08 Å². The number of rotatable bonds is 9. The number of carbonyl (C=O) groups excluding carboxylic acids is 1. The van der Waals surface area contributed by atoms with Crippen molar-refractivity contribution in [1.82, 2.24) is 0 Å². The third-order valence-electron chi connectivity index (χ3n) is 5.37. The maximum absolute atomic E-state index is 13.6.